The summed E-state index contributed by atoms with van der Waals surface area (Å²) in [4.78, 5) is 40.0. The fourth-order valence-corrected chi connectivity index (χ4v) is 4.85. The standard InChI is InChI=1S/C23H28N2O5S/c1-5-29-22(27)19-15(4)20(23(28)30-6-2)31-21(19)24-18(26)13-25-11-7-8-16-12-14(3)9-10-17(16)25/h9-10,12H,5-8,11,13H2,1-4H3,(H,24,26). The van der Waals surface area contributed by atoms with E-state index >= 15 is 0 Å². The Balaban J connectivity index is 1.83. The van der Waals surface area contributed by atoms with E-state index in [-0.39, 0.29) is 31.2 Å². The number of ether oxygens (including phenoxy) is 2. The minimum atomic E-state index is -0.569. The third-order valence-corrected chi connectivity index (χ3v) is 6.31. The van der Waals surface area contributed by atoms with E-state index in [0.717, 1.165) is 36.4 Å². The number of anilines is 2. The summed E-state index contributed by atoms with van der Waals surface area (Å²) in [6.07, 6.45) is 1.97. The molecular formula is C23H28N2O5S. The van der Waals surface area contributed by atoms with Crippen molar-refractivity contribution in [2.45, 2.75) is 40.5 Å². The van der Waals surface area contributed by atoms with Gasteiger partial charge in [0.1, 0.15) is 9.88 Å². The second-order valence-electron chi connectivity index (χ2n) is 7.41. The van der Waals surface area contributed by atoms with Gasteiger partial charge >= 0.3 is 11.9 Å². The molecule has 1 aromatic carbocycles. The molecule has 7 nitrogen and oxygen atoms in total. The van der Waals surface area contributed by atoms with Crippen LogP contribution >= 0.6 is 11.3 Å². The number of hydrogen-bond acceptors (Lipinski definition) is 7. The molecule has 2 heterocycles. The second kappa shape index (κ2) is 9.96. The molecule has 0 unspecified atom stereocenters. The van der Waals surface area contributed by atoms with Gasteiger partial charge in [-0.15, -0.1) is 11.3 Å². The lowest BCUT2D eigenvalue weighted by atomic mass is 9.99. The molecule has 0 bridgehead atoms. The number of amides is 1. The van der Waals surface area contributed by atoms with E-state index in [1.165, 1.54) is 11.1 Å². The van der Waals surface area contributed by atoms with Crippen LogP contribution in [0, 0.1) is 13.8 Å². The molecule has 1 aromatic heterocycles. The van der Waals surface area contributed by atoms with Crippen molar-refractivity contribution in [1.82, 2.24) is 0 Å². The van der Waals surface area contributed by atoms with E-state index in [2.05, 4.69) is 24.4 Å². The lowest BCUT2D eigenvalue weighted by Crippen LogP contribution is -2.36. The normalized spacial score (nSPS) is 12.8. The molecule has 0 atom stereocenters. The van der Waals surface area contributed by atoms with Crippen molar-refractivity contribution in [3.8, 4) is 0 Å². The minimum absolute atomic E-state index is 0.157. The highest BCUT2D eigenvalue weighted by atomic mass is 32.1. The average Bonchev–Trinajstić information content (AvgIpc) is 3.04. The summed E-state index contributed by atoms with van der Waals surface area (Å²) >= 11 is 1.04. The molecule has 0 spiro atoms. The summed E-state index contributed by atoms with van der Waals surface area (Å²) in [5.41, 5.74) is 4.16. The molecule has 0 fully saturated rings. The van der Waals surface area contributed by atoms with Gasteiger partial charge in [0.05, 0.1) is 25.3 Å². The topological polar surface area (TPSA) is 84.9 Å². The Hall–Kier alpha value is -2.87. The van der Waals surface area contributed by atoms with E-state index in [1.54, 1.807) is 20.8 Å². The summed E-state index contributed by atoms with van der Waals surface area (Å²) in [5.74, 6) is -1.34. The maximum Gasteiger partial charge on any atom is 0.348 e. The van der Waals surface area contributed by atoms with Crippen molar-refractivity contribution >= 4 is 39.9 Å². The molecule has 8 heteroatoms. The quantitative estimate of drug-likeness (QED) is 0.647. The number of rotatable bonds is 7. The third kappa shape index (κ3) is 5.07. The molecule has 166 valence electrons. The van der Waals surface area contributed by atoms with E-state index in [4.69, 9.17) is 9.47 Å². The second-order valence-corrected chi connectivity index (χ2v) is 8.43. The number of fused-ring (bicyclic) bond motifs is 1. The highest BCUT2D eigenvalue weighted by Gasteiger charge is 2.28. The lowest BCUT2D eigenvalue weighted by molar-refractivity contribution is -0.115. The van der Waals surface area contributed by atoms with Crippen LogP contribution in [0.15, 0.2) is 18.2 Å². The molecule has 1 aliphatic rings. The number of carbonyl (C=O) groups is 3. The predicted octanol–water partition coefficient (Wildman–Crippen LogP) is 4.11. The van der Waals surface area contributed by atoms with Crippen LogP contribution in [-0.2, 0) is 20.7 Å². The number of thiophene rings is 1. The highest BCUT2D eigenvalue weighted by Crippen LogP contribution is 2.35. The van der Waals surface area contributed by atoms with Crippen molar-refractivity contribution in [3.63, 3.8) is 0 Å². The van der Waals surface area contributed by atoms with Crippen molar-refractivity contribution < 1.29 is 23.9 Å². The van der Waals surface area contributed by atoms with E-state index in [1.807, 2.05) is 11.0 Å². The molecule has 0 saturated carbocycles. The summed E-state index contributed by atoms with van der Waals surface area (Å²) in [6, 6.07) is 6.25. The molecule has 31 heavy (non-hydrogen) atoms. The van der Waals surface area contributed by atoms with Crippen molar-refractivity contribution in [3.05, 3.63) is 45.3 Å². The molecule has 0 aliphatic carbocycles. The van der Waals surface area contributed by atoms with E-state index in [0.29, 0.717) is 15.4 Å². The van der Waals surface area contributed by atoms with Crippen LogP contribution in [0.25, 0.3) is 0 Å². The predicted molar refractivity (Wildman–Crippen MR) is 121 cm³/mol. The third-order valence-electron chi connectivity index (χ3n) is 5.12. The number of benzene rings is 1. The highest BCUT2D eigenvalue weighted by molar-refractivity contribution is 7.18. The minimum Gasteiger partial charge on any atom is -0.462 e. The van der Waals surface area contributed by atoms with Gasteiger partial charge in [0, 0.05) is 12.2 Å². The van der Waals surface area contributed by atoms with Crippen LogP contribution in [0.3, 0.4) is 0 Å². The van der Waals surface area contributed by atoms with Crippen LogP contribution in [0.2, 0.25) is 0 Å². The van der Waals surface area contributed by atoms with Crippen molar-refractivity contribution in [2.24, 2.45) is 0 Å². The Morgan fingerprint density at radius 3 is 2.52 bits per heavy atom. The molecule has 2 aromatic rings. The SMILES string of the molecule is CCOC(=O)c1sc(NC(=O)CN2CCCc3cc(C)ccc32)c(C(=O)OCC)c1C. The Morgan fingerprint density at radius 1 is 1.10 bits per heavy atom. The molecule has 1 amide bonds. The Kier molecular flexibility index (Phi) is 7.33. The zero-order valence-electron chi connectivity index (χ0n) is 18.4. The fraction of sp³-hybridized carbons (Fsp3) is 0.435. The van der Waals surface area contributed by atoms with Crippen molar-refractivity contribution in [1.29, 1.82) is 0 Å². The van der Waals surface area contributed by atoms with Crippen LogP contribution in [0.1, 0.15) is 57.0 Å². The van der Waals surface area contributed by atoms with Gasteiger partial charge in [0.15, 0.2) is 0 Å². The maximum atomic E-state index is 12.9. The van der Waals surface area contributed by atoms with Crippen molar-refractivity contribution in [2.75, 3.05) is 36.5 Å². The smallest absolute Gasteiger partial charge is 0.348 e. The van der Waals surface area contributed by atoms with Crippen LogP contribution in [0.5, 0.6) is 0 Å². The van der Waals surface area contributed by atoms with Gasteiger partial charge in [-0.05, 0) is 57.7 Å². The lowest BCUT2D eigenvalue weighted by Gasteiger charge is -2.31. The van der Waals surface area contributed by atoms with E-state index in [9.17, 15) is 14.4 Å². The Labute approximate surface area is 186 Å². The number of hydrogen-bond donors (Lipinski definition) is 1. The van der Waals surface area contributed by atoms with Gasteiger partial charge in [0.2, 0.25) is 5.91 Å². The number of carbonyl (C=O) groups excluding carboxylic acids is 3. The van der Waals surface area contributed by atoms with Gasteiger partial charge < -0.3 is 19.7 Å². The summed E-state index contributed by atoms with van der Waals surface area (Å²) < 4.78 is 10.2. The molecule has 1 N–H and O–H groups in total. The maximum absolute atomic E-state index is 12.9. The molecule has 0 saturated heterocycles. The van der Waals surface area contributed by atoms with Crippen LogP contribution < -0.4 is 10.2 Å². The van der Waals surface area contributed by atoms with Gasteiger partial charge in [0.25, 0.3) is 0 Å². The van der Waals surface area contributed by atoms with Gasteiger partial charge in [-0.25, -0.2) is 9.59 Å². The van der Waals surface area contributed by atoms with E-state index < -0.39 is 11.9 Å². The monoisotopic (exact) mass is 444 g/mol. The summed E-state index contributed by atoms with van der Waals surface area (Å²) in [5, 5.41) is 3.14. The first-order chi connectivity index (χ1) is 14.8. The first kappa shape index (κ1) is 22.8. The number of nitrogens with zero attached hydrogens (tertiary/aromatic N) is 1. The Bertz CT molecular complexity index is 998. The number of aryl methyl sites for hydroxylation is 2. The van der Waals surface area contributed by atoms with Gasteiger partial charge in [-0.3, -0.25) is 4.79 Å². The van der Waals surface area contributed by atoms with Gasteiger partial charge in [-0.1, -0.05) is 17.7 Å². The average molecular weight is 445 g/mol. The molecule has 1 aliphatic heterocycles. The zero-order chi connectivity index (χ0) is 22.5. The summed E-state index contributed by atoms with van der Waals surface area (Å²) in [7, 11) is 0. The summed E-state index contributed by atoms with van der Waals surface area (Å²) in [6.45, 7) is 8.50. The Morgan fingerprint density at radius 2 is 1.81 bits per heavy atom. The van der Waals surface area contributed by atoms with Gasteiger partial charge in [-0.2, -0.15) is 0 Å². The molecule has 0 radical (unpaired) electrons. The number of nitrogens with one attached hydrogen (secondary N) is 1. The zero-order valence-corrected chi connectivity index (χ0v) is 19.2. The first-order valence-corrected chi connectivity index (χ1v) is 11.3. The van der Waals surface area contributed by atoms with Crippen LogP contribution in [0.4, 0.5) is 10.7 Å². The molecule has 3 rings (SSSR count). The molecular weight excluding hydrogens is 416 g/mol. The first-order valence-electron chi connectivity index (χ1n) is 10.5. The largest absolute Gasteiger partial charge is 0.462 e. The van der Waals surface area contributed by atoms with Crippen LogP contribution in [-0.4, -0.2) is 44.1 Å². The number of esters is 2. The fourth-order valence-electron chi connectivity index (χ4n) is 3.75.